The molecule has 1 nitrogen and oxygen atoms in total. The molecule has 3 rings (SSSR count). The second kappa shape index (κ2) is 6.66. The van der Waals surface area contributed by atoms with Gasteiger partial charge in [0.15, 0.2) is 0 Å². The number of allylic oxidation sites excluding steroid dienone is 2. The number of aromatic nitrogens is 1. The summed E-state index contributed by atoms with van der Waals surface area (Å²) < 4.78 is 14.2. The van der Waals surface area contributed by atoms with Crippen molar-refractivity contribution >= 4 is 5.57 Å². The smallest absolute Gasteiger partial charge is 0.126 e. The number of hydrogen-bond acceptors (Lipinski definition) is 1. The fourth-order valence-electron chi connectivity index (χ4n) is 3.40. The van der Waals surface area contributed by atoms with Gasteiger partial charge in [-0.15, -0.1) is 0 Å². The summed E-state index contributed by atoms with van der Waals surface area (Å²) in [7, 11) is 0. The molecule has 1 atom stereocenters. The van der Waals surface area contributed by atoms with Gasteiger partial charge in [0.2, 0.25) is 0 Å². The monoisotopic (exact) mass is 309 g/mol. The number of hydrogen-bond donors (Lipinski definition) is 0. The summed E-state index contributed by atoms with van der Waals surface area (Å²) in [6.07, 6.45) is 8.26. The van der Waals surface area contributed by atoms with Crippen LogP contribution in [0.5, 0.6) is 0 Å². The Morgan fingerprint density at radius 2 is 2.00 bits per heavy atom. The second-order valence-electron chi connectivity index (χ2n) is 6.81. The molecule has 0 spiro atoms. The lowest BCUT2D eigenvalue weighted by Gasteiger charge is -2.22. The van der Waals surface area contributed by atoms with Gasteiger partial charge in [-0.25, -0.2) is 4.39 Å². The molecule has 0 amide bonds. The minimum atomic E-state index is -0.114. The van der Waals surface area contributed by atoms with Gasteiger partial charge >= 0.3 is 0 Å². The van der Waals surface area contributed by atoms with E-state index in [9.17, 15) is 4.39 Å². The van der Waals surface area contributed by atoms with Gasteiger partial charge < -0.3 is 0 Å². The molecule has 1 aliphatic rings. The highest BCUT2D eigenvalue weighted by Crippen LogP contribution is 2.33. The van der Waals surface area contributed by atoms with E-state index in [1.165, 1.54) is 23.1 Å². The highest BCUT2D eigenvalue weighted by atomic mass is 19.1. The molecule has 1 heterocycles. The minimum absolute atomic E-state index is 0.114. The van der Waals surface area contributed by atoms with Crippen LogP contribution in [0.15, 0.2) is 36.5 Å². The highest BCUT2D eigenvalue weighted by molar-refractivity contribution is 5.71. The molecule has 0 saturated carbocycles. The van der Waals surface area contributed by atoms with Gasteiger partial charge in [0.1, 0.15) is 5.82 Å². The van der Waals surface area contributed by atoms with E-state index in [1.807, 2.05) is 31.3 Å². The molecule has 0 bridgehead atoms. The summed E-state index contributed by atoms with van der Waals surface area (Å²) in [4.78, 5) is 4.48. The van der Waals surface area contributed by atoms with Crippen molar-refractivity contribution in [3.05, 3.63) is 70.3 Å². The van der Waals surface area contributed by atoms with Gasteiger partial charge in [-0.1, -0.05) is 25.1 Å². The van der Waals surface area contributed by atoms with Crippen LogP contribution in [0.3, 0.4) is 0 Å². The van der Waals surface area contributed by atoms with Crippen molar-refractivity contribution in [2.75, 3.05) is 0 Å². The molecule has 1 aromatic heterocycles. The molecule has 0 N–H and O–H groups in total. The molecule has 23 heavy (non-hydrogen) atoms. The van der Waals surface area contributed by atoms with Crippen molar-refractivity contribution in [2.24, 2.45) is 5.92 Å². The summed E-state index contributed by atoms with van der Waals surface area (Å²) in [6.45, 7) is 6.28. The topological polar surface area (TPSA) is 12.9 Å². The van der Waals surface area contributed by atoms with Crippen molar-refractivity contribution in [1.29, 1.82) is 0 Å². The molecule has 0 aliphatic heterocycles. The van der Waals surface area contributed by atoms with Gasteiger partial charge in [0, 0.05) is 23.9 Å². The maximum Gasteiger partial charge on any atom is 0.126 e. The Balaban J connectivity index is 1.98. The van der Waals surface area contributed by atoms with Gasteiger partial charge in [-0.2, -0.15) is 0 Å². The van der Waals surface area contributed by atoms with E-state index >= 15 is 0 Å². The van der Waals surface area contributed by atoms with Crippen LogP contribution in [-0.4, -0.2) is 4.98 Å². The number of pyridine rings is 1. The zero-order valence-electron chi connectivity index (χ0n) is 14.2. The van der Waals surface area contributed by atoms with Crippen molar-refractivity contribution in [3.8, 4) is 0 Å². The molecule has 2 aromatic rings. The van der Waals surface area contributed by atoms with Crippen LogP contribution in [0.1, 0.15) is 54.1 Å². The van der Waals surface area contributed by atoms with E-state index in [2.05, 4.69) is 24.9 Å². The number of nitrogens with zero attached hydrogens (tertiary/aromatic N) is 1. The van der Waals surface area contributed by atoms with Crippen LogP contribution in [0, 0.1) is 25.6 Å². The van der Waals surface area contributed by atoms with Crippen LogP contribution in [0.4, 0.5) is 4.39 Å². The summed E-state index contributed by atoms with van der Waals surface area (Å²) in [5.41, 5.74) is 6.57. The van der Waals surface area contributed by atoms with Crippen molar-refractivity contribution in [1.82, 2.24) is 4.98 Å². The van der Waals surface area contributed by atoms with Gasteiger partial charge in [-0.05, 0) is 73.4 Å². The van der Waals surface area contributed by atoms with Crippen LogP contribution < -0.4 is 0 Å². The van der Waals surface area contributed by atoms with Crippen LogP contribution in [0.25, 0.3) is 5.57 Å². The summed E-state index contributed by atoms with van der Waals surface area (Å²) >= 11 is 0. The number of aryl methyl sites for hydroxylation is 2. The average molecular weight is 309 g/mol. The number of halogens is 1. The second-order valence-corrected chi connectivity index (χ2v) is 6.81. The van der Waals surface area contributed by atoms with Gasteiger partial charge in [0.25, 0.3) is 0 Å². The molecule has 1 aliphatic carbocycles. The molecular weight excluding hydrogens is 285 g/mol. The first-order valence-corrected chi connectivity index (χ1v) is 8.43. The Hall–Kier alpha value is -1.96. The summed E-state index contributed by atoms with van der Waals surface area (Å²) in [6, 6.07) is 7.54. The Bertz CT molecular complexity index is 746. The lowest BCUT2D eigenvalue weighted by molar-refractivity contribution is 0.533. The lowest BCUT2D eigenvalue weighted by Crippen LogP contribution is -2.06. The quantitative estimate of drug-likeness (QED) is 0.716. The first-order valence-electron chi connectivity index (χ1n) is 8.43. The van der Waals surface area contributed by atoms with Gasteiger partial charge in [0.05, 0.1) is 0 Å². The van der Waals surface area contributed by atoms with Crippen LogP contribution >= 0.6 is 0 Å². The predicted octanol–water partition coefficient (Wildman–Crippen LogP) is 5.63. The highest BCUT2D eigenvalue weighted by Gasteiger charge is 2.17. The van der Waals surface area contributed by atoms with Crippen molar-refractivity contribution in [2.45, 2.75) is 46.5 Å². The third-order valence-electron chi connectivity index (χ3n) is 4.81. The first-order chi connectivity index (χ1) is 11.0. The molecule has 0 radical (unpaired) electrons. The molecule has 0 fully saturated rings. The lowest BCUT2D eigenvalue weighted by atomic mass is 9.84. The van der Waals surface area contributed by atoms with E-state index in [0.29, 0.717) is 6.42 Å². The molecule has 1 unspecified atom stereocenters. The maximum absolute atomic E-state index is 14.2. The van der Waals surface area contributed by atoms with E-state index in [4.69, 9.17) is 0 Å². The van der Waals surface area contributed by atoms with Gasteiger partial charge in [-0.3, -0.25) is 4.98 Å². The number of benzene rings is 1. The number of rotatable bonds is 3. The molecule has 0 saturated heterocycles. The zero-order chi connectivity index (χ0) is 16.4. The largest absolute Gasteiger partial charge is 0.261 e. The van der Waals surface area contributed by atoms with E-state index in [-0.39, 0.29) is 5.82 Å². The normalized spacial score (nSPS) is 17.9. The van der Waals surface area contributed by atoms with Crippen LogP contribution in [-0.2, 0) is 6.42 Å². The first kappa shape index (κ1) is 15.9. The molecule has 1 aromatic carbocycles. The van der Waals surface area contributed by atoms with E-state index < -0.39 is 0 Å². The minimum Gasteiger partial charge on any atom is -0.261 e. The Labute approximate surface area is 138 Å². The van der Waals surface area contributed by atoms with E-state index in [0.717, 1.165) is 35.6 Å². The Kier molecular flexibility index (Phi) is 4.61. The summed E-state index contributed by atoms with van der Waals surface area (Å²) in [5.74, 6) is 0.644. The summed E-state index contributed by atoms with van der Waals surface area (Å²) in [5, 5.41) is 0. The van der Waals surface area contributed by atoms with Crippen LogP contribution in [0.2, 0.25) is 0 Å². The van der Waals surface area contributed by atoms with Crippen molar-refractivity contribution < 1.29 is 4.39 Å². The predicted molar refractivity (Wildman–Crippen MR) is 93.9 cm³/mol. The standard InChI is InChI=1S/C21H24FN/c1-14-4-7-17(8-5-14)21-16(3)23-11-10-19(21)13-18-9-6-15(2)12-20(18)22/h6-7,9-12,14H,4-5,8,13H2,1-3H3. The zero-order valence-corrected chi connectivity index (χ0v) is 14.2. The van der Waals surface area contributed by atoms with E-state index in [1.54, 1.807) is 6.07 Å². The Morgan fingerprint density at radius 3 is 2.70 bits per heavy atom. The average Bonchev–Trinajstić information content (AvgIpc) is 2.52. The third-order valence-corrected chi connectivity index (χ3v) is 4.81. The Morgan fingerprint density at radius 1 is 1.17 bits per heavy atom. The fourth-order valence-corrected chi connectivity index (χ4v) is 3.40. The SMILES string of the molecule is Cc1ccc(Cc2ccnc(C)c2C2=CCC(C)CC2)c(F)c1. The molecule has 2 heteroatoms. The molecule has 120 valence electrons. The molecular formula is C21H24FN. The van der Waals surface area contributed by atoms with Crippen molar-refractivity contribution in [3.63, 3.8) is 0 Å². The third kappa shape index (κ3) is 3.52. The fraction of sp³-hybridized carbons (Fsp3) is 0.381. The maximum atomic E-state index is 14.2.